The molecule has 13 heavy (non-hydrogen) atoms. The Kier molecular flexibility index (Phi) is 3.37. The molecule has 0 bridgehead atoms. The number of benzene rings is 1. The van der Waals surface area contributed by atoms with Gasteiger partial charge in [-0.15, -0.1) is 4.89 Å². The van der Waals surface area contributed by atoms with Crippen LogP contribution in [0.1, 0.15) is 0 Å². The molecular weight excluding hydrogens is 213 g/mol. The van der Waals surface area contributed by atoms with Gasteiger partial charge in [-0.2, -0.15) is 0 Å². The second kappa shape index (κ2) is 4.33. The predicted octanol–water partition coefficient (Wildman–Crippen LogP) is 2.70. The van der Waals surface area contributed by atoms with Gasteiger partial charge in [-0.25, -0.2) is 4.52 Å². The van der Waals surface area contributed by atoms with Crippen molar-refractivity contribution in [1.29, 1.82) is 0 Å². The van der Waals surface area contributed by atoms with Gasteiger partial charge in [0.1, 0.15) is 5.69 Å². The van der Waals surface area contributed by atoms with Gasteiger partial charge in [0.25, 0.3) is 0 Å². The summed E-state index contributed by atoms with van der Waals surface area (Å²) in [6.07, 6.45) is 0. The van der Waals surface area contributed by atoms with Crippen LogP contribution in [0, 0.1) is 0 Å². The Hall–Kier alpha value is -0.960. The molecule has 0 aliphatic heterocycles. The highest BCUT2D eigenvalue weighted by Crippen LogP contribution is 2.34. The highest BCUT2D eigenvalue weighted by molar-refractivity contribution is 7.32. The third-order valence-electron chi connectivity index (χ3n) is 1.27. The molecule has 1 aromatic rings. The van der Waals surface area contributed by atoms with Crippen molar-refractivity contribution in [3.8, 4) is 5.75 Å². The van der Waals surface area contributed by atoms with Crippen molar-refractivity contribution in [1.82, 2.24) is 0 Å². The van der Waals surface area contributed by atoms with Crippen molar-refractivity contribution in [3.63, 3.8) is 0 Å². The molecule has 0 radical (unpaired) electrons. The van der Waals surface area contributed by atoms with Crippen molar-refractivity contribution >= 4 is 32.3 Å². The van der Waals surface area contributed by atoms with E-state index >= 15 is 0 Å². The maximum absolute atomic E-state index is 10.4. The van der Waals surface area contributed by atoms with E-state index in [9.17, 15) is 4.57 Å². The van der Waals surface area contributed by atoms with Crippen LogP contribution in [0.3, 0.4) is 0 Å². The lowest BCUT2D eigenvalue weighted by atomic mass is 10.3. The second-order valence-corrected chi connectivity index (χ2v) is 3.19. The Morgan fingerprint density at radius 2 is 2.31 bits per heavy atom. The standard InChI is InChI=1S/C7H5ClNO3P/c1-9-6-3-2-5(8)4-7(6)12-13(10)11/h2-4H,1H2/p+1. The molecule has 0 amide bonds. The molecule has 1 aromatic carbocycles. The molecule has 0 aromatic heterocycles. The summed E-state index contributed by atoms with van der Waals surface area (Å²) in [6, 6.07) is 4.53. The third kappa shape index (κ3) is 2.77. The molecule has 1 unspecified atom stereocenters. The molecule has 1 N–H and O–H groups in total. The Morgan fingerprint density at radius 1 is 1.62 bits per heavy atom. The maximum Gasteiger partial charge on any atom is 0.747 e. The minimum absolute atomic E-state index is 0.145. The lowest BCUT2D eigenvalue weighted by Crippen LogP contribution is -1.80. The second-order valence-electron chi connectivity index (χ2n) is 2.10. The zero-order valence-electron chi connectivity index (χ0n) is 6.48. The van der Waals surface area contributed by atoms with Crippen molar-refractivity contribution in [2.24, 2.45) is 4.99 Å². The summed E-state index contributed by atoms with van der Waals surface area (Å²) < 4.78 is 14.9. The van der Waals surface area contributed by atoms with E-state index in [1.807, 2.05) is 0 Å². The van der Waals surface area contributed by atoms with Gasteiger partial charge in [0.05, 0.1) is 0 Å². The van der Waals surface area contributed by atoms with E-state index < -0.39 is 8.25 Å². The zero-order chi connectivity index (χ0) is 9.84. The number of hydrogen-bond acceptors (Lipinski definition) is 3. The summed E-state index contributed by atoms with van der Waals surface area (Å²) in [5, 5.41) is 0.402. The molecule has 0 spiro atoms. The van der Waals surface area contributed by atoms with Crippen molar-refractivity contribution < 1.29 is 14.0 Å². The zero-order valence-corrected chi connectivity index (χ0v) is 8.13. The lowest BCUT2D eigenvalue weighted by molar-refractivity contribution is 0.411. The first-order chi connectivity index (χ1) is 6.13. The number of aliphatic imine (C=N–C) groups is 1. The Morgan fingerprint density at radius 3 is 2.85 bits per heavy atom. The number of halogens is 1. The first-order valence-electron chi connectivity index (χ1n) is 3.24. The predicted molar refractivity (Wildman–Crippen MR) is 51.1 cm³/mol. The fourth-order valence-electron chi connectivity index (χ4n) is 0.776. The van der Waals surface area contributed by atoms with Gasteiger partial charge in [-0.3, -0.25) is 4.99 Å². The Bertz CT molecular complexity index is 356. The maximum atomic E-state index is 10.4. The van der Waals surface area contributed by atoms with Gasteiger partial charge < -0.3 is 0 Å². The van der Waals surface area contributed by atoms with Gasteiger partial charge in [0.15, 0.2) is 0 Å². The highest BCUT2D eigenvalue weighted by atomic mass is 35.5. The molecule has 1 atom stereocenters. The number of hydrogen-bond donors (Lipinski definition) is 1. The van der Waals surface area contributed by atoms with Crippen LogP contribution in [0.15, 0.2) is 23.2 Å². The molecule has 1 rings (SSSR count). The normalized spacial score (nSPS) is 10.8. The largest absolute Gasteiger partial charge is 0.747 e. The highest BCUT2D eigenvalue weighted by Gasteiger charge is 2.17. The SMILES string of the molecule is C=Nc1ccc(Cl)cc1O[P+](=O)O. The number of nitrogens with zero attached hydrogens (tertiary/aromatic N) is 1. The van der Waals surface area contributed by atoms with Crippen LogP contribution in [-0.4, -0.2) is 11.6 Å². The first-order valence-corrected chi connectivity index (χ1v) is 4.74. The number of rotatable bonds is 3. The van der Waals surface area contributed by atoms with E-state index in [-0.39, 0.29) is 5.75 Å². The summed E-state index contributed by atoms with van der Waals surface area (Å²) in [7, 11) is -2.71. The third-order valence-corrected chi connectivity index (χ3v) is 1.86. The summed E-state index contributed by atoms with van der Waals surface area (Å²) >= 11 is 5.64. The van der Waals surface area contributed by atoms with Crippen molar-refractivity contribution in [2.45, 2.75) is 0 Å². The van der Waals surface area contributed by atoms with Crippen LogP contribution < -0.4 is 4.52 Å². The van der Waals surface area contributed by atoms with E-state index in [4.69, 9.17) is 16.5 Å². The van der Waals surface area contributed by atoms with Crippen LogP contribution in [-0.2, 0) is 4.57 Å². The Labute approximate surface area is 80.8 Å². The molecule has 0 aliphatic carbocycles. The van der Waals surface area contributed by atoms with E-state index in [2.05, 4.69) is 16.2 Å². The monoisotopic (exact) mass is 218 g/mol. The van der Waals surface area contributed by atoms with Gasteiger partial charge in [-0.05, 0) is 18.9 Å². The molecule has 68 valence electrons. The molecule has 0 aliphatic rings. The van der Waals surface area contributed by atoms with Crippen LogP contribution in [0.4, 0.5) is 5.69 Å². The van der Waals surface area contributed by atoms with E-state index in [0.717, 1.165) is 0 Å². The molecule has 0 fully saturated rings. The quantitative estimate of drug-likeness (QED) is 0.627. The fourth-order valence-corrected chi connectivity index (χ4v) is 1.25. The van der Waals surface area contributed by atoms with E-state index in [1.54, 1.807) is 12.1 Å². The van der Waals surface area contributed by atoms with Gasteiger partial charge in [0, 0.05) is 15.7 Å². The minimum Gasteiger partial charge on any atom is -0.261 e. The summed E-state index contributed by atoms with van der Waals surface area (Å²) in [5.41, 5.74) is 0.377. The Balaban J connectivity index is 3.07. The fraction of sp³-hybridized carbons (Fsp3) is 0. The van der Waals surface area contributed by atoms with E-state index in [0.29, 0.717) is 10.7 Å². The van der Waals surface area contributed by atoms with Gasteiger partial charge in [0.2, 0.25) is 5.75 Å². The molecule has 0 saturated carbocycles. The van der Waals surface area contributed by atoms with Crippen LogP contribution >= 0.6 is 19.9 Å². The van der Waals surface area contributed by atoms with Crippen molar-refractivity contribution in [2.75, 3.05) is 0 Å². The first kappa shape index (κ1) is 10.1. The average Bonchev–Trinajstić information content (AvgIpc) is 2.03. The average molecular weight is 219 g/mol. The summed E-state index contributed by atoms with van der Waals surface area (Å²) in [6.45, 7) is 3.28. The minimum atomic E-state index is -2.71. The topological polar surface area (TPSA) is 58.9 Å². The van der Waals surface area contributed by atoms with Crippen molar-refractivity contribution in [3.05, 3.63) is 23.2 Å². The van der Waals surface area contributed by atoms with Crippen LogP contribution in [0.25, 0.3) is 0 Å². The lowest BCUT2D eigenvalue weighted by Gasteiger charge is -1.97. The molecule has 4 nitrogen and oxygen atoms in total. The molecule has 0 heterocycles. The molecule has 0 saturated heterocycles. The van der Waals surface area contributed by atoms with Crippen LogP contribution in [0.5, 0.6) is 5.75 Å². The molecule has 6 heteroatoms. The van der Waals surface area contributed by atoms with Crippen LogP contribution in [0.2, 0.25) is 5.02 Å². The van der Waals surface area contributed by atoms with Gasteiger partial charge in [-0.1, -0.05) is 11.6 Å². The summed E-state index contributed by atoms with van der Waals surface area (Å²) in [4.78, 5) is 12.1. The summed E-state index contributed by atoms with van der Waals surface area (Å²) in [5.74, 6) is 0.145. The van der Waals surface area contributed by atoms with E-state index in [1.165, 1.54) is 6.07 Å². The smallest absolute Gasteiger partial charge is 0.261 e. The van der Waals surface area contributed by atoms with Gasteiger partial charge >= 0.3 is 8.25 Å². The molecular formula is C7H6ClNO3P+.